The predicted octanol–water partition coefficient (Wildman–Crippen LogP) is 6.00. The molecule has 2 aliphatic rings. The largest absolute Gasteiger partial charge is 0.482 e. The van der Waals surface area contributed by atoms with E-state index in [1.54, 1.807) is 0 Å². The van der Waals surface area contributed by atoms with E-state index in [0.29, 0.717) is 10.9 Å². The first-order valence-corrected chi connectivity index (χ1v) is 12.9. The molecule has 0 radical (unpaired) electrons. The summed E-state index contributed by atoms with van der Waals surface area (Å²) < 4.78 is 11.9. The van der Waals surface area contributed by atoms with Crippen LogP contribution in [0.25, 0.3) is 10.8 Å². The maximum absolute atomic E-state index is 12.7. The van der Waals surface area contributed by atoms with Gasteiger partial charge in [0.05, 0.1) is 0 Å². The number of fused-ring (bicyclic) bond motifs is 1. The Labute approximate surface area is 187 Å². The highest BCUT2D eigenvalue weighted by molar-refractivity contribution is 7.97. The zero-order valence-electron chi connectivity index (χ0n) is 17.8. The third-order valence-electron chi connectivity index (χ3n) is 6.54. The molecule has 5 rings (SSSR count). The number of carbonyl (C=O) groups is 1. The Balaban J connectivity index is 1.25. The van der Waals surface area contributed by atoms with E-state index in [0.717, 1.165) is 37.0 Å². The Bertz CT molecular complexity index is 1050. The minimum absolute atomic E-state index is 0.0552. The second-order valence-corrected chi connectivity index (χ2v) is 10.9. The molecule has 0 bridgehead atoms. The topological polar surface area (TPSA) is 35.5 Å². The van der Waals surface area contributed by atoms with Crippen molar-refractivity contribution in [3.63, 3.8) is 0 Å². The van der Waals surface area contributed by atoms with Crippen molar-refractivity contribution in [1.82, 2.24) is 0 Å². The molecule has 1 heterocycles. The lowest BCUT2D eigenvalue weighted by Gasteiger charge is -2.30. The summed E-state index contributed by atoms with van der Waals surface area (Å²) in [7, 11) is 0.401. The van der Waals surface area contributed by atoms with Crippen LogP contribution >= 0.6 is 0 Å². The molecule has 1 aliphatic heterocycles. The Morgan fingerprint density at radius 1 is 0.839 bits per heavy atom. The number of esters is 1. The van der Waals surface area contributed by atoms with Crippen LogP contribution in [0.2, 0.25) is 0 Å². The molecule has 0 N–H and O–H groups in total. The average molecular weight is 434 g/mol. The third kappa shape index (κ3) is 4.45. The van der Waals surface area contributed by atoms with Gasteiger partial charge in [-0.2, -0.15) is 0 Å². The maximum Gasteiger partial charge on any atom is 0.345 e. The van der Waals surface area contributed by atoms with Crippen molar-refractivity contribution in [3.8, 4) is 5.75 Å². The highest BCUT2D eigenvalue weighted by Crippen LogP contribution is 2.43. The van der Waals surface area contributed by atoms with Crippen molar-refractivity contribution in [1.29, 1.82) is 0 Å². The zero-order valence-corrected chi connectivity index (χ0v) is 18.7. The summed E-state index contributed by atoms with van der Waals surface area (Å²) in [6.07, 6.45) is 6.56. The molecular weight excluding hydrogens is 404 g/mol. The number of rotatable bonds is 6. The molecule has 3 aromatic carbocycles. The summed E-state index contributed by atoms with van der Waals surface area (Å²) in [5, 5.41) is 2.39. The standard InChI is InChI=1S/C27H29O3S/c28-26(20-29-24-11-13-25(14-12-24)31-17-5-6-18-31)30-27(15-3-4-16-27)23-10-9-21-7-1-2-8-22(21)19-23/h1-2,7-14,19H,3-6,15-18,20H2/q+1. The molecule has 1 aliphatic carbocycles. The van der Waals surface area contributed by atoms with Gasteiger partial charge in [0.15, 0.2) is 11.5 Å². The summed E-state index contributed by atoms with van der Waals surface area (Å²) in [5.74, 6) is 3.05. The maximum atomic E-state index is 12.7. The van der Waals surface area contributed by atoms with Gasteiger partial charge in [-0.3, -0.25) is 0 Å². The van der Waals surface area contributed by atoms with Crippen molar-refractivity contribution in [2.45, 2.75) is 49.0 Å². The fourth-order valence-electron chi connectivity index (χ4n) is 4.88. The summed E-state index contributed by atoms with van der Waals surface area (Å²) in [6.45, 7) is -0.0552. The van der Waals surface area contributed by atoms with E-state index in [4.69, 9.17) is 9.47 Å². The van der Waals surface area contributed by atoms with Crippen molar-refractivity contribution >= 4 is 27.6 Å². The quantitative estimate of drug-likeness (QED) is 0.353. The van der Waals surface area contributed by atoms with E-state index >= 15 is 0 Å². The first-order valence-electron chi connectivity index (χ1n) is 11.3. The van der Waals surface area contributed by atoms with Crippen molar-refractivity contribution in [3.05, 3.63) is 72.3 Å². The Morgan fingerprint density at radius 2 is 1.55 bits per heavy atom. The number of carbonyl (C=O) groups excluding carboxylic acids is 1. The highest BCUT2D eigenvalue weighted by Gasteiger charge is 2.39. The molecule has 3 nitrogen and oxygen atoms in total. The first kappa shape index (κ1) is 20.4. The van der Waals surface area contributed by atoms with Crippen LogP contribution in [0.4, 0.5) is 0 Å². The number of hydrogen-bond acceptors (Lipinski definition) is 3. The van der Waals surface area contributed by atoms with Gasteiger partial charge in [-0.1, -0.05) is 36.4 Å². The van der Waals surface area contributed by atoms with Gasteiger partial charge in [0.1, 0.15) is 22.9 Å². The minimum Gasteiger partial charge on any atom is -0.482 e. The van der Waals surface area contributed by atoms with Crippen LogP contribution in [0.15, 0.2) is 71.6 Å². The third-order valence-corrected chi connectivity index (χ3v) is 9.04. The second kappa shape index (κ2) is 8.96. The minimum atomic E-state index is -0.530. The van der Waals surface area contributed by atoms with Crippen LogP contribution in [0.5, 0.6) is 5.75 Å². The molecule has 0 aromatic heterocycles. The summed E-state index contributed by atoms with van der Waals surface area (Å²) in [4.78, 5) is 14.2. The fourth-order valence-corrected chi connectivity index (χ4v) is 7.18. The Hall–Kier alpha value is -2.46. The second-order valence-electron chi connectivity index (χ2n) is 8.61. The lowest BCUT2D eigenvalue weighted by Crippen LogP contribution is -2.31. The molecule has 0 amide bonds. The Morgan fingerprint density at radius 3 is 2.29 bits per heavy atom. The van der Waals surface area contributed by atoms with Gasteiger partial charge in [-0.25, -0.2) is 4.79 Å². The van der Waals surface area contributed by atoms with E-state index in [-0.39, 0.29) is 12.6 Å². The number of ether oxygens (including phenoxy) is 2. The summed E-state index contributed by atoms with van der Waals surface area (Å²) >= 11 is 0. The fraction of sp³-hybridized carbons (Fsp3) is 0.370. The zero-order chi connectivity index (χ0) is 21.1. The van der Waals surface area contributed by atoms with Gasteiger partial charge in [-0.15, -0.1) is 0 Å². The molecular formula is C27H29O3S+. The smallest absolute Gasteiger partial charge is 0.345 e. The number of hydrogen-bond donors (Lipinski definition) is 0. The highest BCUT2D eigenvalue weighted by atomic mass is 32.2. The van der Waals surface area contributed by atoms with Crippen molar-refractivity contribution in [2.75, 3.05) is 18.1 Å². The molecule has 1 saturated carbocycles. The average Bonchev–Trinajstić information content (AvgIpc) is 3.51. The van der Waals surface area contributed by atoms with E-state index in [9.17, 15) is 4.79 Å². The van der Waals surface area contributed by atoms with Gasteiger partial charge >= 0.3 is 5.97 Å². The van der Waals surface area contributed by atoms with Gasteiger partial charge in [-0.05, 0) is 85.2 Å². The monoisotopic (exact) mass is 433 g/mol. The van der Waals surface area contributed by atoms with Crippen molar-refractivity contribution < 1.29 is 14.3 Å². The molecule has 1 saturated heterocycles. The number of benzene rings is 3. The molecule has 4 heteroatoms. The van der Waals surface area contributed by atoms with E-state index < -0.39 is 5.60 Å². The molecule has 0 atom stereocenters. The van der Waals surface area contributed by atoms with E-state index in [2.05, 4.69) is 42.5 Å². The predicted molar refractivity (Wildman–Crippen MR) is 127 cm³/mol. The molecule has 160 valence electrons. The van der Waals surface area contributed by atoms with Gasteiger partial charge in [0.2, 0.25) is 0 Å². The molecule has 3 aromatic rings. The summed E-state index contributed by atoms with van der Waals surface area (Å²) in [6, 6.07) is 23.0. The van der Waals surface area contributed by atoms with Gasteiger partial charge in [0.25, 0.3) is 0 Å². The first-order chi connectivity index (χ1) is 15.2. The molecule has 0 spiro atoms. The van der Waals surface area contributed by atoms with Gasteiger partial charge in [0, 0.05) is 10.9 Å². The lowest BCUT2D eigenvalue weighted by atomic mass is 9.90. The van der Waals surface area contributed by atoms with Gasteiger partial charge < -0.3 is 9.47 Å². The molecule has 0 unspecified atom stereocenters. The Kier molecular flexibility index (Phi) is 5.91. The van der Waals surface area contributed by atoms with Crippen LogP contribution in [0.3, 0.4) is 0 Å². The normalized spacial score (nSPS) is 18.3. The SMILES string of the molecule is O=C(COc1ccc([S+]2CCCC2)cc1)OC1(c2ccc3ccccc3c2)CCCC1. The lowest BCUT2D eigenvalue weighted by molar-refractivity contribution is -0.163. The van der Waals surface area contributed by atoms with E-state index in [1.165, 1.54) is 40.0 Å². The molecule has 31 heavy (non-hydrogen) atoms. The van der Waals surface area contributed by atoms with Crippen LogP contribution in [0.1, 0.15) is 44.1 Å². The molecule has 2 fully saturated rings. The van der Waals surface area contributed by atoms with Crippen LogP contribution in [0, 0.1) is 0 Å². The summed E-state index contributed by atoms with van der Waals surface area (Å²) in [5.41, 5.74) is 0.566. The van der Waals surface area contributed by atoms with E-state index in [1.807, 2.05) is 24.3 Å². The van der Waals surface area contributed by atoms with Crippen molar-refractivity contribution in [2.24, 2.45) is 0 Å². The van der Waals surface area contributed by atoms with Crippen LogP contribution in [-0.2, 0) is 26.0 Å². The van der Waals surface area contributed by atoms with Crippen LogP contribution < -0.4 is 4.74 Å². The van der Waals surface area contributed by atoms with Crippen LogP contribution in [-0.4, -0.2) is 24.1 Å².